The number of sulfone groups is 1. The lowest BCUT2D eigenvalue weighted by Crippen LogP contribution is -2.32. The predicted octanol–water partition coefficient (Wildman–Crippen LogP) is 0.689. The first kappa shape index (κ1) is 17.2. The molecule has 0 saturated carbocycles. The van der Waals surface area contributed by atoms with Crippen LogP contribution in [0.25, 0.3) is 0 Å². The van der Waals surface area contributed by atoms with Crippen LogP contribution in [0.3, 0.4) is 0 Å². The number of methoxy groups -OCH3 is 1. The van der Waals surface area contributed by atoms with Crippen LogP contribution in [-0.4, -0.2) is 50.4 Å². The van der Waals surface area contributed by atoms with Crippen LogP contribution in [0.2, 0.25) is 0 Å². The van der Waals surface area contributed by atoms with Crippen molar-refractivity contribution in [3.8, 4) is 5.75 Å². The van der Waals surface area contributed by atoms with Crippen molar-refractivity contribution in [2.75, 3.05) is 19.1 Å². The number of hydrogen-bond acceptors (Lipinski definition) is 5. The van der Waals surface area contributed by atoms with E-state index in [-0.39, 0.29) is 18.7 Å². The zero-order valence-corrected chi connectivity index (χ0v) is 13.5. The van der Waals surface area contributed by atoms with E-state index in [1.54, 1.807) is 0 Å². The normalized spacial score (nSPS) is 18.2. The topological polar surface area (TPSA) is 92.8 Å². The van der Waals surface area contributed by atoms with Crippen LogP contribution in [0.4, 0.5) is 9.18 Å². The summed E-state index contributed by atoms with van der Waals surface area (Å²) in [5.41, 5.74) is 0.347. The Morgan fingerprint density at radius 2 is 2.04 bits per heavy atom. The first-order valence-corrected chi connectivity index (χ1v) is 8.89. The number of urea groups is 1. The Morgan fingerprint density at radius 3 is 2.65 bits per heavy atom. The zero-order valence-electron chi connectivity index (χ0n) is 12.7. The van der Waals surface area contributed by atoms with E-state index in [0.717, 1.165) is 11.2 Å². The van der Waals surface area contributed by atoms with Gasteiger partial charge in [-0.05, 0) is 24.6 Å². The van der Waals surface area contributed by atoms with Crippen molar-refractivity contribution in [1.82, 2.24) is 10.2 Å². The molecule has 0 bridgehead atoms. The molecular weight excluding hydrogens is 327 g/mol. The molecule has 1 atom stereocenters. The van der Waals surface area contributed by atoms with Gasteiger partial charge in [-0.15, -0.1) is 0 Å². The number of amides is 3. The van der Waals surface area contributed by atoms with E-state index >= 15 is 0 Å². The molecule has 7 nitrogen and oxygen atoms in total. The summed E-state index contributed by atoms with van der Waals surface area (Å²) in [5.74, 6) is -0.904. The number of ether oxygens (including phenoxy) is 1. The van der Waals surface area contributed by atoms with Crippen molar-refractivity contribution < 1.29 is 27.1 Å². The highest BCUT2D eigenvalue weighted by Gasteiger charge is 2.38. The second kappa shape index (κ2) is 6.53. The van der Waals surface area contributed by atoms with Crippen LogP contribution >= 0.6 is 0 Å². The lowest BCUT2D eigenvalue weighted by atomic mass is 10.1. The number of hydrogen-bond donors (Lipinski definition) is 1. The highest BCUT2D eigenvalue weighted by atomic mass is 32.2. The molecule has 1 aliphatic heterocycles. The van der Waals surface area contributed by atoms with E-state index in [1.165, 1.54) is 25.3 Å². The molecule has 2 rings (SSSR count). The Bertz CT molecular complexity index is 735. The Kier molecular flexibility index (Phi) is 4.88. The predicted molar refractivity (Wildman–Crippen MR) is 80.1 cm³/mol. The second-order valence-corrected chi connectivity index (χ2v) is 7.56. The second-order valence-electron chi connectivity index (χ2n) is 5.30. The maximum Gasteiger partial charge on any atom is 0.325 e. The number of halogens is 1. The fourth-order valence-corrected chi connectivity index (χ4v) is 2.96. The van der Waals surface area contributed by atoms with Crippen LogP contribution in [0, 0.1) is 5.82 Å². The quantitative estimate of drug-likeness (QED) is 0.767. The smallest absolute Gasteiger partial charge is 0.325 e. The molecule has 1 heterocycles. The monoisotopic (exact) mass is 344 g/mol. The van der Waals surface area contributed by atoms with E-state index in [2.05, 4.69) is 5.32 Å². The highest BCUT2D eigenvalue weighted by Crippen LogP contribution is 2.23. The minimum Gasteiger partial charge on any atom is -0.496 e. The van der Waals surface area contributed by atoms with Gasteiger partial charge < -0.3 is 10.1 Å². The number of rotatable bonds is 6. The Labute approximate surface area is 133 Å². The summed E-state index contributed by atoms with van der Waals surface area (Å²) in [6.45, 7) is -0.152. The van der Waals surface area contributed by atoms with Gasteiger partial charge in [-0.3, -0.25) is 9.69 Å². The fourth-order valence-electron chi connectivity index (χ4n) is 2.30. The standard InChI is InChI=1S/C14H17FN2O5S/c1-22-12-4-3-10(15)7-9(12)8-17-13(18)11(16-14(17)19)5-6-23(2,20)21/h3-4,7,11H,5-6,8H2,1-2H3,(H,16,19)/t11-/m0/s1. The third-order valence-electron chi connectivity index (χ3n) is 3.46. The number of benzene rings is 1. The van der Waals surface area contributed by atoms with Crippen molar-refractivity contribution in [1.29, 1.82) is 0 Å². The molecule has 1 fully saturated rings. The summed E-state index contributed by atoms with van der Waals surface area (Å²) in [6, 6.07) is 2.27. The minimum absolute atomic E-state index is 0.000191. The first-order chi connectivity index (χ1) is 10.7. The van der Waals surface area contributed by atoms with Gasteiger partial charge in [0.25, 0.3) is 5.91 Å². The van der Waals surface area contributed by atoms with Crippen LogP contribution in [-0.2, 0) is 21.2 Å². The SMILES string of the molecule is COc1ccc(F)cc1CN1C(=O)N[C@@H](CCS(C)(=O)=O)C1=O. The van der Waals surface area contributed by atoms with Crippen molar-refractivity contribution in [2.45, 2.75) is 19.0 Å². The minimum atomic E-state index is -3.24. The summed E-state index contributed by atoms with van der Waals surface area (Å²) in [5, 5.41) is 2.44. The molecule has 0 aromatic heterocycles. The van der Waals surface area contributed by atoms with E-state index in [9.17, 15) is 22.4 Å². The summed E-state index contributed by atoms with van der Waals surface area (Å²) in [7, 11) is -1.84. The van der Waals surface area contributed by atoms with Crippen molar-refractivity contribution in [2.24, 2.45) is 0 Å². The van der Waals surface area contributed by atoms with Crippen LogP contribution < -0.4 is 10.1 Å². The van der Waals surface area contributed by atoms with Gasteiger partial charge in [0.05, 0.1) is 19.4 Å². The summed E-state index contributed by atoms with van der Waals surface area (Å²) >= 11 is 0. The molecule has 23 heavy (non-hydrogen) atoms. The average Bonchev–Trinajstić information content (AvgIpc) is 2.72. The Hall–Kier alpha value is -2.16. The summed E-state index contributed by atoms with van der Waals surface area (Å²) < 4.78 is 40.8. The van der Waals surface area contributed by atoms with Gasteiger partial charge in [0.1, 0.15) is 27.4 Å². The van der Waals surface area contributed by atoms with Crippen LogP contribution in [0.1, 0.15) is 12.0 Å². The molecule has 3 amide bonds. The van der Waals surface area contributed by atoms with E-state index < -0.39 is 33.6 Å². The number of nitrogens with one attached hydrogen (secondary N) is 1. The number of imide groups is 1. The van der Waals surface area contributed by atoms with E-state index in [1.807, 2.05) is 0 Å². The zero-order chi connectivity index (χ0) is 17.2. The van der Waals surface area contributed by atoms with Gasteiger partial charge in [-0.25, -0.2) is 17.6 Å². The van der Waals surface area contributed by atoms with Gasteiger partial charge in [0, 0.05) is 11.8 Å². The van der Waals surface area contributed by atoms with Gasteiger partial charge in [-0.2, -0.15) is 0 Å². The van der Waals surface area contributed by atoms with Crippen LogP contribution in [0.5, 0.6) is 5.75 Å². The van der Waals surface area contributed by atoms with Gasteiger partial charge in [0.2, 0.25) is 0 Å². The van der Waals surface area contributed by atoms with Crippen molar-refractivity contribution >= 4 is 21.8 Å². The highest BCUT2D eigenvalue weighted by molar-refractivity contribution is 7.90. The molecule has 0 spiro atoms. The molecule has 0 aliphatic carbocycles. The lowest BCUT2D eigenvalue weighted by molar-refractivity contribution is -0.127. The molecular formula is C14H17FN2O5S. The van der Waals surface area contributed by atoms with Gasteiger partial charge >= 0.3 is 6.03 Å². The van der Waals surface area contributed by atoms with Crippen molar-refractivity contribution in [3.05, 3.63) is 29.6 Å². The van der Waals surface area contributed by atoms with Gasteiger partial charge in [0.15, 0.2) is 0 Å². The molecule has 9 heteroatoms. The molecule has 1 N–H and O–H groups in total. The summed E-state index contributed by atoms with van der Waals surface area (Å²) in [6.07, 6.45) is 1.06. The van der Waals surface area contributed by atoms with E-state index in [4.69, 9.17) is 4.74 Å². The first-order valence-electron chi connectivity index (χ1n) is 6.83. The lowest BCUT2D eigenvalue weighted by Gasteiger charge is -2.15. The molecule has 126 valence electrons. The average molecular weight is 344 g/mol. The largest absolute Gasteiger partial charge is 0.496 e. The van der Waals surface area contributed by atoms with Crippen molar-refractivity contribution in [3.63, 3.8) is 0 Å². The number of carbonyl (C=O) groups excluding carboxylic acids is 2. The molecule has 0 unspecified atom stereocenters. The van der Waals surface area contributed by atoms with Gasteiger partial charge in [-0.1, -0.05) is 0 Å². The van der Waals surface area contributed by atoms with Crippen LogP contribution in [0.15, 0.2) is 18.2 Å². The third kappa shape index (κ3) is 4.19. The Balaban J connectivity index is 2.13. The third-order valence-corrected chi connectivity index (χ3v) is 4.43. The maximum absolute atomic E-state index is 13.4. The summed E-state index contributed by atoms with van der Waals surface area (Å²) in [4.78, 5) is 25.1. The number of carbonyl (C=O) groups is 2. The number of nitrogens with zero attached hydrogens (tertiary/aromatic N) is 1. The fraction of sp³-hybridized carbons (Fsp3) is 0.429. The molecule has 1 saturated heterocycles. The maximum atomic E-state index is 13.4. The molecule has 0 radical (unpaired) electrons. The Morgan fingerprint density at radius 1 is 1.35 bits per heavy atom. The van der Waals surface area contributed by atoms with E-state index in [0.29, 0.717) is 11.3 Å². The molecule has 1 aromatic rings. The molecule has 1 aliphatic rings. The molecule has 1 aromatic carbocycles.